The quantitative estimate of drug-likeness (QED) is 0.145. The van der Waals surface area contributed by atoms with Crippen LogP contribution in [-0.4, -0.2) is 19.5 Å². The number of aromatic nitrogens is 4. The molecule has 0 unspecified atom stereocenters. The van der Waals surface area contributed by atoms with Crippen LogP contribution in [0.2, 0.25) is 0 Å². The summed E-state index contributed by atoms with van der Waals surface area (Å²) in [6.45, 7) is 0. The Balaban J connectivity index is 1.07. The van der Waals surface area contributed by atoms with Crippen molar-refractivity contribution in [3.63, 3.8) is 0 Å². The Kier molecular flexibility index (Phi) is 10.7. The summed E-state index contributed by atoms with van der Waals surface area (Å²) in [7, 11) is 0. The SMILES string of the molecule is c1ccc(-c2ccc(-c3nc(-c4cc(-c5ccccc5)cc(-c5ccccc5)c4)nc(-c4cc(-c5ccccc5)c(-n5c6ccccc6c6ccc7c8ccccc8sc7c65)c(-c5ccccc5)c4)n3)cc2)cc1. The Labute approximate surface area is 432 Å². The maximum absolute atomic E-state index is 5.53. The molecule has 0 saturated heterocycles. The van der Waals surface area contributed by atoms with E-state index in [2.05, 4.69) is 265 Å². The van der Waals surface area contributed by atoms with Gasteiger partial charge in [-0.25, -0.2) is 15.0 Å². The second kappa shape index (κ2) is 18.2. The third kappa shape index (κ3) is 7.66. The van der Waals surface area contributed by atoms with E-state index in [1.54, 1.807) is 0 Å². The minimum absolute atomic E-state index is 0.582. The highest BCUT2D eigenvalue weighted by molar-refractivity contribution is 7.26. The lowest BCUT2D eigenvalue weighted by molar-refractivity contribution is 1.07. The molecule has 0 aliphatic carbocycles. The van der Waals surface area contributed by atoms with Gasteiger partial charge in [-0.1, -0.05) is 224 Å². The molecule has 346 valence electrons. The smallest absolute Gasteiger partial charge is 0.164 e. The molecule has 0 bridgehead atoms. The van der Waals surface area contributed by atoms with Crippen LogP contribution in [0.3, 0.4) is 0 Å². The summed E-state index contributed by atoms with van der Waals surface area (Å²) in [6, 6.07) is 95.3. The van der Waals surface area contributed by atoms with Crippen molar-refractivity contribution in [1.29, 1.82) is 0 Å². The standard InChI is InChI=1S/C69H44N4S/c1-6-20-45(21-7-1)48-34-36-51(37-35-48)67-70-68(54-41-52(46-22-8-2-9-23-46)40-53(42-54)47-24-10-3-11-25-47)72-69(71-67)55-43-60(49-26-12-4-13-27-49)64(61(44-55)50-28-14-5-15-29-50)73-62-32-18-16-30-56(62)58-38-39-59-57-31-17-19-33-63(57)74-66(59)65(58)73/h1-44H. The Bertz CT molecular complexity index is 4260. The van der Waals surface area contributed by atoms with E-state index in [1.807, 2.05) is 17.4 Å². The first-order valence-electron chi connectivity index (χ1n) is 25.0. The maximum atomic E-state index is 5.53. The molecule has 3 aromatic heterocycles. The number of hydrogen-bond donors (Lipinski definition) is 0. The fourth-order valence-corrected chi connectivity index (χ4v) is 11.9. The van der Waals surface area contributed by atoms with Crippen LogP contribution in [0.1, 0.15) is 0 Å². The number of hydrogen-bond acceptors (Lipinski definition) is 4. The zero-order chi connectivity index (χ0) is 49.0. The molecule has 0 aliphatic heterocycles. The first-order chi connectivity index (χ1) is 36.7. The Morgan fingerprint density at radius 1 is 0.270 bits per heavy atom. The van der Waals surface area contributed by atoms with E-state index in [4.69, 9.17) is 15.0 Å². The van der Waals surface area contributed by atoms with E-state index < -0.39 is 0 Å². The van der Waals surface area contributed by atoms with Crippen LogP contribution in [0.5, 0.6) is 0 Å². The number of thiophene rings is 1. The monoisotopic (exact) mass is 960 g/mol. The van der Waals surface area contributed by atoms with Crippen molar-refractivity contribution < 1.29 is 0 Å². The van der Waals surface area contributed by atoms with Crippen molar-refractivity contribution >= 4 is 53.3 Å². The Morgan fingerprint density at radius 2 is 0.662 bits per heavy atom. The molecule has 3 heterocycles. The molecule has 74 heavy (non-hydrogen) atoms. The number of rotatable bonds is 9. The summed E-state index contributed by atoms with van der Waals surface area (Å²) in [5.41, 5.74) is 17.1. The third-order valence-corrected chi connectivity index (χ3v) is 15.4. The van der Waals surface area contributed by atoms with Crippen molar-refractivity contribution in [2.24, 2.45) is 0 Å². The number of benzene rings is 11. The lowest BCUT2D eigenvalue weighted by Gasteiger charge is -2.21. The minimum atomic E-state index is 0.582. The first kappa shape index (κ1) is 43.3. The molecule has 11 aromatic carbocycles. The summed E-state index contributed by atoms with van der Waals surface area (Å²) in [4.78, 5) is 16.4. The summed E-state index contributed by atoms with van der Waals surface area (Å²) < 4.78 is 5.07. The molecule has 0 N–H and O–H groups in total. The fourth-order valence-electron chi connectivity index (χ4n) is 10.7. The van der Waals surface area contributed by atoms with Gasteiger partial charge in [0.05, 0.1) is 21.4 Å². The highest BCUT2D eigenvalue weighted by Crippen LogP contribution is 2.48. The molecule has 4 nitrogen and oxygen atoms in total. The highest BCUT2D eigenvalue weighted by Gasteiger charge is 2.25. The zero-order valence-corrected chi connectivity index (χ0v) is 40.9. The van der Waals surface area contributed by atoms with E-state index in [-0.39, 0.29) is 0 Å². The van der Waals surface area contributed by atoms with Gasteiger partial charge in [0.2, 0.25) is 0 Å². The van der Waals surface area contributed by atoms with Crippen LogP contribution in [0, 0.1) is 0 Å². The summed E-state index contributed by atoms with van der Waals surface area (Å²) in [5, 5.41) is 4.96. The molecular weight excluding hydrogens is 917 g/mol. The van der Waals surface area contributed by atoms with Crippen LogP contribution in [-0.2, 0) is 0 Å². The molecule has 0 saturated carbocycles. The van der Waals surface area contributed by atoms with Crippen molar-refractivity contribution in [3.8, 4) is 95.5 Å². The normalized spacial score (nSPS) is 11.5. The summed E-state index contributed by atoms with van der Waals surface area (Å²) in [6.07, 6.45) is 0. The molecule has 0 atom stereocenters. The minimum Gasteiger partial charge on any atom is -0.307 e. The number of para-hydroxylation sites is 1. The van der Waals surface area contributed by atoms with Gasteiger partial charge in [0.25, 0.3) is 0 Å². The van der Waals surface area contributed by atoms with Gasteiger partial charge >= 0.3 is 0 Å². The lowest BCUT2D eigenvalue weighted by atomic mass is 9.92. The molecule has 14 aromatic rings. The average molecular weight is 961 g/mol. The van der Waals surface area contributed by atoms with Crippen molar-refractivity contribution in [2.45, 2.75) is 0 Å². The van der Waals surface area contributed by atoms with Crippen LogP contribution >= 0.6 is 11.3 Å². The second-order valence-electron chi connectivity index (χ2n) is 18.7. The van der Waals surface area contributed by atoms with E-state index in [0.29, 0.717) is 17.5 Å². The second-order valence-corrected chi connectivity index (χ2v) is 19.8. The predicted molar refractivity (Wildman–Crippen MR) is 311 cm³/mol. The zero-order valence-electron chi connectivity index (χ0n) is 40.1. The highest BCUT2D eigenvalue weighted by atomic mass is 32.1. The summed E-state index contributed by atoms with van der Waals surface area (Å²) >= 11 is 1.87. The molecule has 14 rings (SSSR count). The fraction of sp³-hybridized carbons (Fsp3) is 0. The average Bonchev–Trinajstić information content (AvgIpc) is 4.04. The Hall–Kier alpha value is -9.55. The topological polar surface area (TPSA) is 43.6 Å². The molecule has 5 heteroatoms. The van der Waals surface area contributed by atoms with Crippen LogP contribution in [0.25, 0.3) is 137 Å². The molecule has 0 aliphatic rings. The van der Waals surface area contributed by atoms with Gasteiger partial charge in [0, 0.05) is 54.1 Å². The van der Waals surface area contributed by atoms with Gasteiger partial charge in [0.1, 0.15) is 0 Å². The van der Waals surface area contributed by atoms with E-state index in [0.717, 1.165) is 83.5 Å². The van der Waals surface area contributed by atoms with Crippen LogP contribution < -0.4 is 0 Å². The van der Waals surface area contributed by atoms with Crippen molar-refractivity contribution in [3.05, 3.63) is 267 Å². The predicted octanol–water partition coefficient (Wildman–Crippen LogP) is 18.7. The number of fused-ring (bicyclic) bond motifs is 7. The van der Waals surface area contributed by atoms with E-state index >= 15 is 0 Å². The van der Waals surface area contributed by atoms with E-state index in [1.165, 1.54) is 36.5 Å². The molecule has 0 spiro atoms. The lowest BCUT2D eigenvalue weighted by Crippen LogP contribution is -2.04. The van der Waals surface area contributed by atoms with Crippen molar-refractivity contribution in [1.82, 2.24) is 19.5 Å². The van der Waals surface area contributed by atoms with Crippen molar-refractivity contribution in [2.75, 3.05) is 0 Å². The molecule has 0 amide bonds. The van der Waals surface area contributed by atoms with Gasteiger partial charge in [-0.15, -0.1) is 11.3 Å². The van der Waals surface area contributed by atoms with Gasteiger partial charge in [-0.2, -0.15) is 0 Å². The van der Waals surface area contributed by atoms with Gasteiger partial charge < -0.3 is 4.57 Å². The van der Waals surface area contributed by atoms with E-state index in [9.17, 15) is 0 Å². The summed E-state index contributed by atoms with van der Waals surface area (Å²) in [5.74, 6) is 1.77. The van der Waals surface area contributed by atoms with Gasteiger partial charge in [-0.3, -0.25) is 0 Å². The first-order valence-corrected chi connectivity index (χ1v) is 25.8. The third-order valence-electron chi connectivity index (χ3n) is 14.2. The van der Waals surface area contributed by atoms with Gasteiger partial charge in [0.15, 0.2) is 17.5 Å². The largest absolute Gasteiger partial charge is 0.307 e. The maximum Gasteiger partial charge on any atom is 0.164 e. The molecule has 0 radical (unpaired) electrons. The molecular formula is C69H44N4S. The van der Waals surface area contributed by atoms with Crippen LogP contribution in [0.4, 0.5) is 0 Å². The van der Waals surface area contributed by atoms with Gasteiger partial charge in [-0.05, 0) is 87.0 Å². The Morgan fingerprint density at radius 3 is 1.22 bits per heavy atom. The molecule has 0 fully saturated rings. The van der Waals surface area contributed by atoms with Crippen LogP contribution in [0.15, 0.2) is 267 Å². The number of nitrogens with zero attached hydrogens (tertiary/aromatic N) is 4.